The summed E-state index contributed by atoms with van der Waals surface area (Å²) < 4.78 is 0. The smallest absolute Gasteiger partial charge is 0.269 e. The van der Waals surface area contributed by atoms with Crippen molar-refractivity contribution in [2.24, 2.45) is 0 Å². The van der Waals surface area contributed by atoms with Gasteiger partial charge >= 0.3 is 0 Å². The number of nitrogens with one attached hydrogen (secondary N) is 2. The van der Waals surface area contributed by atoms with Crippen LogP contribution in [0.5, 0.6) is 5.75 Å². The molecule has 0 saturated heterocycles. The van der Waals surface area contributed by atoms with Crippen molar-refractivity contribution >= 4 is 17.5 Å². The molecule has 0 unspecified atom stereocenters. The van der Waals surface area contributed by atoms with Crippen LogP contribution in [0.4, 0.5) is 11.6 Å². The van der Waals surface area contributed by atoms with Gasteiger partial charge in [-0.2, -0.15) is 0 Å². The van der Waals surface area contributed by atoms with Gasteiger partial charge in [-0.3, -0.25) is 4.79 Å². The zero-order chi connectivity index (χ0) is 17.5. The van der Waals surface area contributed by atoms with Crippen molar-refractivity contribution in [1.82, 2.24) is 15.3 Å². The number of aromatic hydroxyl groups is 1. The summed E-state index contributed by atoms with van der Waals surface area (Å²) in [5.41, 5.74) is 1.38. The quantitative estimate of drug-likeness (QED) is 0.645. The highest BCUT2D eigenvalue weighted by molar-refractivity contribution is 5.92. The molecule has 0 fully saturated rings. The summed E-state index contributed by atoms with van der Waals surface area (Å²) in [4.78, 5) is 20.7. The van der Waals surface area contributed by atoms with Crippen molar-refractivity contribution in [2.75, 3.05) is 11.9 Å². The third kappa shape index (κ3) is 4.78. The molecule has 1 aromatic carbocycles. The van der Waals surface area contributed by atoms with Gasteiger partial charge in [0.2, 0.25) is 0 Å². The maximum Gasteiger partial charge on any atom is 0.269 e. The molecule has 6 heteroatoms. The molecule has 3 aromatic rings. The van der Waals surface area contributed by atoms with Gasteiger partial charge in [-0.1, -0.05) is 24.3 Å². The second-order valence-corrected chi connectivity index (χ2v) is 5.42. The summed E-state index contributed by atoms with van der Waals surface area (Å²) >= 11 is 0. The van der Waals surface area contributed by atoms with Crippen LogP contribution in [0.2, 0.25) is 0 Å². The normalized spacial score (nSPS) is 10.2. The van der Waals surface area contributed by atoms with Gasteiger partial charge in [0.25, 0.3) is 5.91 Å². The highest BCUT2D eigenvalue weighted by atomic mass is 16.3. The number of anilines is 2. The van der Waals surface area contributed by atoms with Gasteiger partial charge in [-0.25, -0.2) is 9.97 Å². The maximum atomic E-state index is 12.2. The molecule has 2 heterocycles. The fourth-order valence-electron chi connectivity index (χ4n) is 2.27. The van der Waals surface area contributed by atoms with E-state index in [1.165, 1.54) is 0 Å². The first-order valence-corrected chi connectivity index (χ1v) is 7.92. The maximum absolute atomic E-state index is 12.2. The predicted molar refractivity (Wildman–Crippen MR) is 95.9 cm³/mol. The minimum absolute atomic E-state index is 0.231. The summed E-state index contributed by atoms with van der Waals surface area (Å²) in [6, 6.07) is 17.7. The number of amides is 1. The van der Waals surface area contributed by atoms with Crippen molar-refractivity contribution in [1.29, 1.82) is 0 Å². The largest absolute Gasteiger partial charge is 0.508 e. The lowest BCUT2D eigenvalue weighted by molar-refractivity contribution is 0.0949. The monoisotopic (exact) mass is 334 g/mol. The first-order valence-electron chi connectivity index (χ1n) is 7.92. The molecule has 0 aliphatic heterocycles. The Morgan fingerprint density at radius 2 is 1.76 bits per heavy atom. The molecule has 0 bridgehead atoms. The van der Waals surface area contributed by atoms with E-state index in [2.05, 4.69) is 20.6 Å². The van der Waals surface area contributed by atoms with Gasteiger partial charge in [0.1, 0.15) is 23.1 Å². The molecule has 0 radical (unpaired) electrons. The van der Waals surface area contributed by atoms with Crippen LogP contribution in [0, 0.1) is 0 Å². The zero-order valence-electron chi connectivity index (χ0n) is 13.5. The van der Waals surface area contributed by atoms with Gasteiger partial charge in [-0.05, 0) is 48.4 Å². The first kappa shape index (κ1) is 16.4. The minimum Gasteiger partial charge on any atom is -0.508 e. The lowest BCUT2D eigenvalue weighted by Gasteiger charge is -2.08. The van der Waals surface area contributed by atoms with Gasteiger partial charge in [0, 0.05) is 12.7 Å². The van der Waals surface area contributed by atoms with Crippen LogP contribution in [0.15, 0.2) is 66.9 Å². The number of hydrogen-bond donors (Lipinski definition) is 3. The molecule has 25 heavy (non-hydrogen) atoms. The topological polar surface area (TPSA) is 87.1 Å². The van der Waals surface area contributed by atoms with Crippen LogP contribution in [0.1, 0.15) is 16.1 Å². The molecule has 0 aliphatic carbocycles. The molecule has 3 N–H and O–H groups in total. The Labute approximate surface area is 145 Å². The van der Waals surface area contributed by atoms with Crippen molar-refractivity contribution in [2.45, 2.75) is 6.42 Å². The highest BCUT2D eigenvalue weighted by Crippen LogP contribution is 2.12. The number of carbonyl (C=O) groups excluding carboxylic acids is 1. The first-order chi connectivity index (χ1) is 12.2. The van der Waals surface area contributed by atoms with Crippen LogP contribution in [0.25, 0.3) is 0 Å². The second-order valence-electron chi connectivity index (χ2n) is 5.42. The van der Waals surface area contributed by atoms with Crippen LogP contribution in [-0.2, 0) is 6.42 Å². The van der Waals surface area contributed by atoms with E-state index in [9.17, 15) is 9.90 Å². The molecular formula is C19H18N4O2. The van der Waals surface area contributed by atoms with Crippen LogP contribution in [0.3, 0.4) is 0 Å². The second kappa shape index (κ2) is 7.92. The van der Waals surface area contributed by atoms with Crippen molar-refractivity contribution in [3.05, 3.63) is 78.1 Å². The van der Waals surface area contributed by atoms with Gasteiger partial charge < -0.3 is 15.7 Å². The molecule has 0 spiro atoms. The average Bonchev–Trinajstić information content (AvgIpc) is 2.64. The van der Waals surface area contributed by atoms with E-state index in [-0.39, 0.29) is 11.7 Å². The number of hydrogen-bond acceptors (Lipinski definition) is 5. The van der Waals surface area contributed by atoms with Crippen LogP contribution < -0.4 is 10.6 Å². The molecule has 0 aliphatic rings. The standard InChI is InChI=1S/C19H18N4O2/c24-15-9-7-14(8-10-15)11-13-21-19(25)16-4-3-6-18(22-16)23-17-5-1-2-12-20-17/h1-10,12,24H,11,13H2,(H,21,25)(H,20,22,23). The Hall–Kier alpha value is -3.41. The number of carbonyl (C=O) groups is 1. The van der Waals surface area contributed by atoms with E-state index in [1.807, 2.05) is 30.3 Å². The van der Waals surface area contributed by atoms with Gasteiger partial charge in [0.05, 0.1) is 0 Å². The van der Waals surface area contributed by atoms with Crippen molar-refractivity contribution < 1.29 is 9.90 Å². The summed E-state index contributed by atoms with van der Waals surface area (Å²) in [5.74, 6) is 1.22. The van der Waals surface area contributed by atoms with E-state index >= 15 is 0 Å². The van der Waals surface area contributed by atoms with E-state index < -0.39 is 0 Å². The molecule has 126 valence electrons. The fraction of sp³-hybridized carbons (Fsp3) is 0.105. The lowest BCUT2D eigenvalue weighted by Crippen LogP contribution is -2.26. The number of rotatable bonds is 6. The fourth-order valence-corrected chi connectivity index (χ4v) is 2.27. The number of aromatic nitrogens is 2. The Kier molecular flexibility index (Phi) is 5.21. The molecule has 1 amide bonds. The average molecular weight is 334 g/mol. The predicted octanol–water partition coefficient (Wildman–Crippen LogP) is 2.90. The Morgan fingerprint density at radius 1 is 0.960 bits per heavy atom. The lowest BCUT2D eigenvalue weighted by atomic mass is 10.1. The van der Waals surface area contributed by atoms with Crippen molar-refractivity contribution in [3.63, 3.8) is 0 Å². The van der Waals surface area contributed by atoms with E-state index in [0.717, 1.165) is 5.56 Å². The van der Waals surface area contributed by atoms with Crippen LogP contribution >= 0.6 is 0 Å². The summed E-state index contributed by atoms with van der Waals surface area (Å²) in [6.07, 6.45) is 2.36. The Morgan fingerprint density at radius 3 is 2.52 bits per heavy atom. The number of pyridine rings is 2. The Bertz CT molecular complexity index is 836. The number of benzene rings is 1. The molecule has 0 saturated carbocycles. The third-order valence-corrected chi connectivity index (χ3v) is 3.54. The molecule has 2 aromatic heterocycles. The van der Waals surface area contributed by atoms with E-state index in [1.54, 1.807) is 36.5 Å². The zero-order valence-corrected chi connectivity index (χ0v) is 13.5. The van der Waals surface area contributed by atoms with E-state index in [4.69, 9.17) is 0 Å². The molecular weight excluding hydrogens is 316 g/mol. The van der Waals surface area contributed by atoms with Gasteiger partial charge in [-0.15, -0.1) is 0 Å². The van der Waals surface area contributed by atoms with Crippen LogP contribution in [-0.4, -0.2) is 27.5 Å². The Balaban J connectivity index is 1.56. The number of nitrogens with zero attached hydrogens (tertiary/aromatic N) is 2. The van der Waals surface area contributed by atoms with Gasteiger partial charge in [0.15, 0.2) is 0 Å². The SMILES string of the molecule is O=C(NCCc1ccc(O)cc1)c1cccc(Nc2ccccn2)n1. The summed E-state index contributed by atoms with van der Waals surface area (Å²) in [5, 5.41) is 15.2. The summed E-state index contributed by atoms with van der Waals surface area (Å²) in [6.45, 7) is 0.489. The highest BCUT2D eigenvalue weighted by Gasteiger charge is 2.08. The molecule has 0 atom stereocenters. The number of phenolic OH excluding ortho intramolecular Hbond substituents is 1. The minimum atomic E-state index is -0.233. The van der Waals surface area contributed by atoms with Crippen molar-refractivity contribution in [3.8, 4) is 5.75 Å². The van der Waals surface area contributed by atoms with E-state index in [0.29, 0.717) is 30.3 Å². The molecule has 3 rings (SSSR count). The number of phenols is 1. The summed E-state index contributed by atoms with van der Waals surface area (Å²) in [7, 11) is 0. The molecule has 6 nitrogen and oxygen atoms in total. The third-order valence-electron chi connectivity index (χ3n) is 3.54.